The molecule has 2 aromatic carbocycles. The molecule has 3 rings (SSSR count). The molecule has 0 saturated carbocycles. The van der Waals surface area contributed by atoms with Gasteiger partial charge in [0.25, 0.3) is 5.91 Å². The van der Waals surface area contributed by atoms with E-state index in [9.17, 15) is 9.59 Å². The molecule has 7 heteroatoms. The third-order valence-electron chi connectivity index (χ3n) is 4.30. The second-order valence-electron chi connectivity index (χ2n) is 5.92. The number of esters is 1. The zero-order valence-corrected chi connectivity index (χ0v) is 16.6. The topological polar surface area (TPSA) is 55.8 Å². The van der Waals surface area contributed by atoms with Gasteiger partial charge in [-0.15, -0.1) is 11.8 Å². The van der Waals surface area contributed by atoms with Crippen LogP contribution in [-0.2, 0) is 9.53 Å². The van der Waals surface area contributed by atoms with Crippen molar-refractivity contribution in [1.29, 1.82) is 0 Å². The van der Waals surface area contributed by atoms with E-state index in [2.05, 4.69) is 0 Å². The number of ether oxygens (including phenoxy) is 2. The minimum Gasteiger partial charge on any atom is -0.497 e. The van der Waals surface area contributed by atoms with Crippen molar-refractivity contribution in [2.24, 2.45) is 0 Å². The Hall–Kier alpha value is -2.18. The largest absolute Gasteiger partial charge is 0.497 e. The second kappa shape index (κ2) is 8.67. The number of hydrogen-bond acceptors (Lipinski definition) is 5. The summed E-state index contributed by atoms with van der Waals surface area (Å²) in [5.41, 5.74) is 1.28. The summed E-state index contributed by atoms with van der Waals surface area (Å²) in [5, 5.41) is 0.203. The Morgan fingerprint density at radius 1 is 1.19 bits per heavy atom. The fraction of sp³-hybridized carbons (Fsp3) is 0.300. The number of benzene rings is 2. The minimum atomic E-state index is -0.661. The number of thioether (sulfide) groups is 1. The van der Waals surface area contributed by atoms with Crippen LogP contribution in [0, 0.1) is 0 Å². The summed E-state index contributed by atoms with van der Waals surface area (Å²) in [5.74, 6) is 0.468. The molecule has 2 aromatic rings. The molecule has 1 aliphatic rings. The predicted molar refractivity (Wildman–Crippen MR) is 106 cm³/mol. The van der Waals surface area contributed by atoms with Gasteiger partial charge in [0.05, 0.1) is 13.7 Å². The second-order valence-corrected chi connectivity index (χ2v) is 7.44. The number of carbonyl (C=O) groups is 2. The van der Waals surface area contributed by atoms with Crippen molar-refractivity contribution in [3.8, 4) is 5.75 Å². The van der Waals surface area contributed by atoms with E-state index in [1.165, 1.54) is 11.8 Å². The summed E-state index contributed by atoms with van der Waals surface area (Å²) in [6, 6.07) is 13.5. The first-order valence-corrected chi connectivity index (χ1v) is 9.98. The number of carbonyl (C=O) groups excluding carboxylic acids is 2. The van der Waals surface area contributed by atoms with E-state index in [1.807, 2.05) is 18.2 Å². The van der Waals surface area contributed by atoms with E-state index in [-0.39, 0.29) is 17.9 Å². The Balaban J connectivity index is 1.97. The first-order valence-electron chi connectivity index (χ1n) is 8.56. The molecule has 2 unspecified atom stereocenters. The monoisotopic (exact) mass is 405 g/mol. The number of hydrogen-bond donors (Lipinski definition) is 0. The molecular weight excluding hydrogens is 386 g/mol. The molecule has 1 amide bonds. The number of nitrogens with zero attached hydrogens (tertiary/aromatic N) is 1. The first-order chi connectivity index (χ1) is 13.1. The van der Waals surface area contributed by atoms with Crippen LogP contribution in [0.1, 0.15) is 28.2 Å². The molecule has 27 heavy (non-hydrogen) atoms. The van der Waals surface area contributed by atoms with Gasteiger partial charge in [0, 0.05) is 21.9 Å². The van der Waals surface area contributed by atoms with Crippen molar-refractivity contribution < 1.29 is 19.1 Å². The molecule has 1 saturated heterocycles. The van der Waals surface area contributed by atoms with E-state index in [0.29, 0.717) is 22.1 Å². The van der Waals surface area contributed by atoms with Crippen LogP contribution in [-0.4, -0.2) is 42.3 Å². The van der Waals surface area contributed by atoms with Crippen LogP contribution in [0.3, 0.4) is 0 Å². The maximum atomic E-state index is 13.3. The maximum absolute atomic E-state index is 13.3. The lowest BCUT2D eigenvalue weighted by Gasteiger charge is -2.29. The van der Waals surface area contributed by atoms with Crippen LogP contribution in [0.15, 0.2) is 48.5 Å². The zero-order valence-electron chi connectivity index (χ0n) is 15.1. The fourth-order valence-electron chi connectivity index (χ4n) is 2.97. The molecule has 0 aliphatic carbocycles. The quantitative estimate of drug-likeness (QED) is 0.699. The average molecular weight is 406 g/mol. The Morgan fingerprint density at radius 3 is 2.52 bits per heavy atom. The molecule has 2 atom stereocenters. The highest BCUT2D eigenvalue weighted by atomic mass is 35.5. The molecule has 0 radical (unpaired) electrons. The molecule has 5 nitrogen and oxygen atoms in total. The Bertz CT molecular complexity index is 827. The van der Waals surface area contributed by atoms with Crippen molar-refractivity contribution >= 4 is 35.2 Å². The van der Waals surface area contributed by atoms with Crippen LogP contribution >= 0.6 is 23.4 Å². The van der Waals surface area contributed by atoms with Gasteiger partial charge >= 0.3 is 5.97 Å². The van der Waals surface area contributed by atoms with Crippen LogP contribution in [0.2, 0.25) is 5.02 Å². The van der Waals surface area contributed by atoms with Crippen molar-refractivity contribution in [2.75, 3.05) is 19.5 Å². The van der Waals surface area contributed by atoms with Gasteiger partial charge in [-0.25, -0.2) is 4.79 Å². The molecule has 0 aromatic heterocycles. The molecule has 1 aliphatic heterocycles. The molecule has 0 spiro atoms. The molecule has 1 fully saturated rings. The third kappa shape index (κ3) is 4.06. The average Bonchev–Trinajstić information content (AvgIpc) is 3.13. The van der Waals surface area contributed by atoms with Gasteiger partial charge in [-0.05, 0) is 37.3 Å². The van der Waals surface area contributed by atoms with Gasteiger partial charge in [-0.2, -0.15) is 0 Å². The van der Waals surface area contributed by atoms with Crippen molar-refractivity contribution in [3.63, 3.8) is 0 Å². The lowest BCUT2D eigenvalue weighted by Crippen LogP contribution is -2.43. The van der Waals surface area contributed by atoms with Crippen LogP contribution in [0.4, 0.5) is 0 Å². The van der Waals surface area contributed by atoms with E-state index < -0.39 is 12.0 Å². The van der Waals surface area contributed by atoms with Crippen LogP contribution < -0.4 is 4.74 Å². The summed E-state index contributed by atoms with van der Waals surface area (Å²) < 4.78 is 10.3. The smallest absolute Gasteiger partial charge is 0.329 e. The highest BCUT2D eigenvalue weighted by Gasteiger charge is 2.44. The summed E-state index contributed by atoms with van der Waals surface area (Å²) in [6.07, 6.45) is 0. The van der Waals surface area contributed by atoms with Gasteiger partial charge in [0.2, 0.25) is 0 Å². The summed E-state index contributed by atoms with van der Waals surface area (Å²) in [6.45, 7) is 2.02. The normalized spacial score (nSPS) is 19.0. The number of amides is 1. The molecular formula is C20H20ClNO4S. The summed E-state index contributed by atoms with van der Waals surface area (Å²) in [7, 11) is 1.57. The van der Waals surface area contributed by atoms with E-state index >= 15 is 0 Å². The maximum Gasteiger partial charge on any atom is 0.329 e. The van der Waals surface area contributed by atoms with Gasteiger partial charge in [-0.3, -0.25) is 4.79 Å². The Morgan fingerprint density at radius 2 is 1.89 bits per heavy atom. The standard InChI is InChI=1S/C20H20ClNO4S/c1-3-26-20(24)17-12-27-19(15-6-4-5-7-16(15)21)22(17)18(23)13-8-10-14(25-2)11-9-13/h4-11,17,19H,3,12H2,1-2H3. The Kier molecular flexibility index (Phi) is 6.29. The molecule has 1 heterocycles. The first kappa shape index (κ1) is 19.6. The highest BCUT2D eigenvalue weighted by Crippen LogP contribution is 2.44. The number of halogens is 1. The fourth-order valence-corrected chi connectivity index (χ4v) is 4.73. The minimum absolute atomic E-state index is 0.245. The molecule has 0 N–H and O–H groups in total. The Labute approximate surface area is 167 Å². The summed E-state index contributed by atoms with van der Waals surface area (Å²) in [4.78, 5) is 27.3. The molecule has 0 bridgehead atoms. The third-order valence-corrected chi connectivity index (χ3v) is 5.95. The predicted octanol–water partition coefficient (Wildman–Crippen LogP) is 4.17. The van der Waals surface area contributed by atoms with Crippen LogP contribution in [0.5, 0.6) is 5.75 Å². The summed E-state index contributed by atoms with van der Waals surface area (Å²) >= 11 is 7.87. The zero-order chi connectivity index (χ0) is 19.4. The van der Waals surface area contributed by atoms with E-state index in [1.54, 1.807) is 49.3 Å². The van der Waals surface area contributed by atoms with Gasteiger partial charge in [0.15, 0.2) is 0 Å². The van der Waals surface area contributed by atoms with Crippen molar-refractivity contribution in [1.82, 2.24) is 4.90 Å². The number of rotatable bonds is 5. The van der Waals surface area contributed by atoms with Gasteiger partial charge in [-0.1, -0.05) is 29.8 Å². The van der Waals surface area contributed by atoms with Gasteiger partial charge < -0.3 is 14.4 Å². The molecule has 142 valence electrons. The van der Waals surface area contributed by atoms with Crippen LogP contribution in [0.25, 0.3) is 0 Å². The van der Waals surface area contributed by atoms with Crippen molar-refractivity contribution in [3.05, 3.63) is 64.7 Å². The van der Waals surface area contributed by atoms with E-state index in [4.69, 9.17) is 21.1 Å². The number of methoxy groups -OCH3 is 1. The van der Waals surface area contributed by atoms with E-state index in [0.717, 1.165) is 5.56 Å². The lowest BCUT2D eigenvalue weighted by atomic mass is 10.1. The lowest BCUT2D eigenvalue weighted by molar-refractivity contribution is -0.147. The highest BCUT2D eigenvalue weighted by molar-refractivity contribution is 7.99. The van der Waals surface area contributed by atoms with Gasteiger partial charge in [0.1, 0.15) is 17.2 Å². The van der Waals surface area contributed by atoms with Crippen molar-refractivity contribution in [2.45, 2.75) is 18.3 Å². The SMILES string of the molecule is CCOC(=O)C1CSC(c2ccccc2Cl)N1C(=O)c1ccc(OC)cc1.